The van der Waals surface area contributed by atoms with Crippen molar-refractivity contribution in [2.24, 2.45) is 0 Å². The number of aromatic nitrogens is 2. The van der Waals surface area contributed by atoms with Crippen molar-refractivity contribution in [3.63, 3.8) is 0 Å². The van der Waals surface area contributed by atoms with Gasteiger partial charge in [0.05, 0.1) is 23.6 Å². The van der Waals surface area contributed by atoms with E-state index in [-0.39, 0.29) is 18.4 Å². The molecule has 0 bridgehead atoms. The number of hydrogen-bond donors (Lipinski definition) is 1. The molecule has 120 valence electrons. The SMILES string of the molecule is C=CC(=O)N(CC)CC(=O)Nc1cnn(C2CCCC2)c1C. The lowest BCUT2D eigenvalue weighted by atomic mass is 10.2. The molecule has 1 N–H and O–H groups in total. The molecule has 2 amide bonds. The van der Waals surface area contributed by atoms with Crippen LogP contribution in [-0.4, -0.2) is 39.6 Å². The van der Waals surface area contributed by atoms with Crippen LogP contribution in [0.1, 0.15) is 44.3 Å². The average molecular weight is 304 g/mol. The molecular formula is C16H24N4O2. The number of hydrogen-bond acceptors (Lipinski definition) is 3. The Morgan fingerprint density at radius 1 is 1.50 bits per heavy atom. The quantitative estimate of drug-likeness (QED) is 0.820. The molecule has 0 aromatic carbocycles. The van der Waals surface area contributed by atoms with Gasteiger partial charge in [-0.05, 0) is 32.8 Å². The van der Waals surface area contributed by atoms with E-state index in [4.69, 9.17) is 0 Å². The fourth-order valence-corrected chi connectivity index (χ4v) is 2.90. The summed E-state index contributed by atoms with van der Waals surface area (Å²) in [5.74, 6) is -0.456. The Morgan fingerprint density at radius 3 is 2.77 bits per heavy atom. The largest absolute Gasteiger partial charge is 0.330 e. The first kappa shape index (κ1) is 16.3. The maximum absolute atomic E-state index is 12.1. The van der Waals surface area contributed by atoms with Crippen LogP contribution in [0.15, 0.2) is 18.9 Å². The monoisotopic (exact) mass is 304 g/mol. The van der Waals surface area contributed by atoms with Crippen LogP contribution in [-0.2, 0) is 9.59 Å². The predicted molar refractivity (Wildman–Crippen MR) is 85.5 cm³/mol. The molecule has 6 heteroatoms. The van der Waals surface area contributed by atoms with Crippen LogP contribution in [0.3, 0.4) is 0 Å². The second-order valence-electron chi connectivity index (χ2n) is 5.63. The van der Waals surface area contributed by atoms with Gasteiger partial charge in [-0.3, -0.25) is 14.3 Å². The third kappa shape index (κ3) is 3.55. The lowest BCUT2D eigenvalue weighted by Gasteiger charge is -2.18. The van der Waals surface area contributed by atoms with Crippen molar-refractivity contribution >= 4 is 17.5 Å². The fourth-order valence-electron chi connectivity index (χ4n) is 2.90. The number of rotatable bonds is 6. The highest BCUT2D eigenvalue weighted by atomic mass is 16.2. The molecule has 0 atom stereocenters. The van der Waals surface area contributed by atoms with E-state index in [1.165, 1.54) is 23.8 Å². The van der Waals surface area contributed by atoms with Gasteiger partial charge in [0.15, 0.2) is 0 Å². The molecule has 1 heterocycles. The molecule has 2 rings (SSSR count). The summed E-state index contributed by atoms with van der Waals surface area (Å²) >= 11 is 0. The zero-order valence-corrected chi connectivity index (χ0v) is 13.3. The van der Waals surface area contributed by atoms with Gasteiger partial charge in [0.2, 0.25) is 11.8 Å². The maximum Gasteiger partial charge on any atom is 0.246 e. The van der Waals surface area contributed by atoms with Gasteiger partial charge in [0, 0.05) is 6.54 Å². The Kier molecular flexibility index (Phi) is 5.35. The van der Waals surface area contributed by atoms with E-state index in [0.29, 0.717) is 12.6 Å². The van der Waals surface area contributed by atoms with Gasteiger partial charge in [-0.1, -0.05) is 19.4 Å². The van der Waals surface area contributed by atoms with Crippen LogP contribution in [0, 0.1) is 6.92 Å². The van der Waals surface area contributed by atoms with E-state index in [9.17, 15) is 9.59 Å². The van der Waals surface area contributed by atoms with E-state index in [2.05, 4.69) is 17.0 Å². The lowest BCUT2D eigenvalue weighted by Crippen LogP contribution is -2.36. The van der Waals surface area contributed by atoms with Gasteiger partial charge in [-0.15, -0.1) is 0 Å². The molecule has 0 spiro atoms. The minimum absolute atomic E-state index is 0.0232. The number of carbonyl (C=O) groups is 2. The number of nitrogens with zero attached hydrogens (tertiary/aromatic N) is 3. The Morgan fingerprint density at radius 2 is 2.18 bits per heavy atom. The molecule has 0 saturated heterocycles. The minimum Gasteiger partial charge on any atom is -0.330 e. The van der Waals surface area contributed by atoms with E-state index >= 15 is 0 Å². The molecule has 0 unspecified atom stereocenters. The van der Waals surface area contributed by atoms with Crippen molar-refractivity contribution in [1.82, 2.24) is 14.7 Å². The van der Waals surface area contributed by atoms with Crippen molar-refractivity contribution in [3.05, 3.63) is 24.5 Å². The maximum atomic E-state index is 12.1. The van der Waals surface area contributed by atoms with E-state index in [1.807, 2.05) is 18.5 Å². The fraction of sp³-hybridized carbons (Fsp3) is 0.562. The molecule has 1 saturated carbocycles. The second-order valence-corrected chi connectivity index (χ2v) is 5.63. The zero-order chi connectivity index (χ0) is 16.1. The number of carbonyl (C=O) groups excluding carboxylic acids is 2. The Hall–Kier alpha value is -2.11. The molecule has 1 aromatic rings. The standard InChI is InChI=1S/C16H24N4O2/c1-4-16(22)19(5-2)11-15(21)18-14-10-17-20(12(14)3)13-8-6-7-9-13/h4,10,13H,1,5-9,11H2,2-3H3,(H,18,21). The first-order valence-electron chi connectivity index (χ1n) is 7.82. The number of amides is 2. The van der Waals surface area contributed by atoms with Crippen molar-refractivity contribution in [1.29, 1.82) is 0 Å². The average Bonchev–Trinajstić information content (AvgIpc) is 3.15. The molecule has 1 aromatic heterocycles. The summed E-state index contributed by atoms with van der Waals surface area (Å²) in [5, 5.41) is 7.25. The molecule has 0 aliphatic heterocycles. The van der Waals surface area contributed by atoms with Crippen molar-refractivity contribution < 1.29 is 9.59 Å². The predicted octanol–water partition coefficient (Wildman–Crippen LogP) is 2.28. The van der Waals surface area contributed by atoms with E-state index < -0.39 is 0 Å². The summed E-state index contributed by atoms with van der Waals surface area (Å²) in [6.45, 7) is 7.74. The smallest absolute Gasteiger partial charge is 0.246 e. The molecule has 6 nitrogen and oxygen atoms in total. The summed E-state index contributed by atoms with van der Waals surface area (Å²) in [6, 6.07) is 0.445. The van der Waals surface area contributed by atoms with Crippen LogP contribution in [0.4, 0.5) is 5.69 Å². The second kappa shape index (κ2) is 7.24. The van der Waals surface area contributed by atoms with Gasteiger partial charge in [0.1, 0.15) is 6.54 Å². The lowest BCUT2D eigenvalue weighted by molar-refractivity contribution is -0.130. The summed E-state index contributed by atoms with van der Waals surface area (Å²) in [7, 11) is 0. The Labute approximate surface area is 131 Å². The minimum atomic E-state index is -0.240. The van der Waals surface area contributed by atoms with Gasteiger partial charge in [0.25, 0.3) is 0 Å². The molecular weight excluding hydrogens is 280 g/mol. The van der Waals surface area contributed by atoms with Crippen LogP contribution in [0.5, 0.6) is 0 Å². The molecule has 1 fully saturated rings. The first-order chi connectivity index (χ1) is 10.6. The molecule has 1 aliphatic rings. The summed E-state index contributed by atoms with van der Waals surface area (Å²) in [4.78, 5) is 25.1. The normalized spacial score (nSPS) is 14.8. The third-order valence-corrected chi connectivity index (χ3v) is 4.19. The van der Waals surface area contributed by atoms with E-state index in [1.54, 1.807) is 6.20 Å². The van der Waals surface area contributed by atoms with Gasteiger partial charge in [-0.25, -0.2) is 0 Å². The van der Waals surface area contributed by atoms with Crippen molar-refractivity contribution in [2.45, 2.75) is 45.6 Å². The zero-order valence-electron chi connectivity index (χ0n) is 13.3. The Balaban J connectivity index is 1.99. The van der Waals surface area contributed by atoms with Gasteiger partial charge >= 0.3 is 0 Å². The number of likely N-dealkylation sites (N-methyl/N-ethyl adjacent to an activating group) is 1. The molecule has 0 radical (unpaired) electrons. The van der Waals surface area contributed by atoms with E-state index in [0.717, 1.165) is 24.2 Å². The third-order valence-electron chi connectivity index (χ3n) is 4.19. The number of anilines is 1. The topological polar surface area (TPSA) is 67.2 Å². The van der Waals surface area contributed by atoms with Crippen molar-refractivity contribution in [2.75, 3.05) is 18.4 Å². The van der Waals surface area contributed by atoms with Crippen LogP contribution in [0.2, 0.25) is 0 Å². The molecule has 1 aliphatic carbocycles. The number of nitrogens with one attached hydrogen (secondary N) is 1. The highest BCUT2D eigenvalue weighted by molar-refractivity contribution is 5.96. The van der Waals surface area contributed by atoms with Crippen LogP contribution < -0.4 is 5.32 Å². The Bertz CT molecular complexity index is 558. The van der Waals surface area contributed by atoms with Gasteiger partial charge < -0.3 is 10.2 Å². The highest BCUT2D eigenvalue weighted by Crippen LogP contribution is 2.31. The first-order valence-corrected chi connectivity index (χ1v) is 7.82. The summed E-state index contributed by atoms with van der Waals surface area (Å²) in [6.07, 6.45) is 7.68. The summed E-state index contributed by atoms with van der Waals surface area (Å²) < 4.78 is 2.01. The highest BCUT2D eigenvalue weighted by Gasteiger charge is 2.21. The van der Waals surface area contributed by atoms with Crippen LogP contribution in [0.25, 0.3) is 0 Å². The molecule has 22 heavy (non-hydrogen) atoms. The summed E-state index contributed by atoms with van der Waals surface area (Å²) in [5.41, 5.74) is 1.69. The van der Waals surface area contributed by atoms with Gasteiger partial charge in [-0.2, -0.15) is 5.10 Å². The van der Waals surface area contributed by atoms with Crippen molar-refractivity contribution in [3.8, 4) is 0 Å². The van der Waals surface area contributed by atoms with Crippen LogP contribution >= 0.6 is 0 Å².